The second-order valence-corrected chi connectivity index (χ2v) is 6.14. The van der Waals surface area contributed by atoms with E-state index in [0.717, 1.165) is 24.0 Å². The number of phenolic OH excluding ortho intramolecular Hbond substituents is 2. The Hall–Kier alpha value is -3.54. The molecule has 0 bridgehead atoms. The quantitative estimate of drug-likeness (QED) is 0.397. The molecule has 2 aromatic carbocycles. The number of hydrogen-bond acceptors (Lipinski definition) is 4. The first kappa shape index (κ1) is 20.8. The molecule has 0 unspecified atom stereocenters. The van der Waals surface area contributed by atoms with Crippen LogP contribution in [0.4, 0.5) is 0 Å². The lowest BCUT2D eigenvalue weighted by molar-refractivity contribution is -0.117. The molecule has 4 N–H and O–H groups in total. The van der Waals surface area contributed by atoms with Crippen molar-refractivity contribution in [1.82, 2.24) is 10.6 Å². The van der Waals surface area contributed by atoms with Crippen LogP contribution in [-0.4, -0.2) is 35.1 Å². The topological polar surface area (TPSA) is 98.7 Å². The molecule has 0 radical (unpaired) electrons. The van der Waals surface area contributed by atoms with Gasteiger partial charge in [-0.2, -0.15) is 0 Å². The Balaban J connectivity index is 1.56. The zero-order chi connectivity index (χ0) is 20.2. The molecule has 6 heteroatoms. The Morgan fingerprint density at radius 2 is 1.04 bits per heavy atom. The molecule has 2 aromatic rings. The molecule has 0 saturated heterocycles. The molecule has 0 heterocycles. The molecule has 6 nitrogen and oxygen atoms in total. The van der Waals surface area contributed by atoms with E-state index in [1.165, 1.54) is 12.2 Å². The minimum Gasteiger partial charge on any atom is -0.508 e. The molecule has 2 rings (SSSR count). The maximum atomic E-state index is 11.7. The predicted molar refractivity (Wildman–Crippen MR) is 110 cm³/mol. The second-order valence-electron chi connectivity index (χ2n) is 6.14. The highest BCUT2D eigenvalue weighted by molar-refractivity contribution is 5.92. The number of nitrogens with one attached hydrogen (secondary N) is 2. The molecule has 0 aliphatic heterocycles. The first-order valence-corrected chi connectivity index (χ1v) is 9.03. The number of carbonyl (C=O) groups is 2. The average molecular weight is 380 g/mol. The number of unbranched alkanes of at least 4 members (excludes halogenated alkanes) is 1. The maximum absolute atomic E-state index is 11.7. The van der Waals surface area contributed by atoms with E-state index in [0.29, 0.717) is 13.1 Å². The Morgan fingerprint density at radius 3 is 1.39 bits per heavy atom. The van der Waals surface area contributed by atoms with Crippen molar-refractivity contribution in [2.45, 2.75) is 12.8 Å². The van der Waals surface area contributed by atoms with Gasteiger partial charge in [0.2, 0.25) is 11.8 Å². The molecular weight excluding hydrogens is 356 g/mol. The second kappa shape index (κ2) is 11.2. The summed E-state index contributed by atoms with van der Waals surface area (Å²) in [6.45, 7) is 1.05. The molecule has 146 valence electrons. The molecule has 0 fully saturated rings. The largest absolute Gasteiger partial charge is 0.508 e. The van der Waals surface area contributed by atoms with Gasteiger partial charge in [0.1, 0.15) is 11.5 Å². The SMILES string of the molecule is O=C(C=Cc1ccc(O)cc1)NCCCCNC(=O)C=Cc1ccc(O)cc1. The fourth-order valence-electron chi connectivity index (χ4n) is 2.31. The molecular formula is C22H24N2O4. The van der Waals surface area contributed by atoms with Crippen LogP contribution in [0.5, 0.6) is 11.5 Å². The number of phenols is 2. The standard InChI is InChI=1S/C22H24N2O4/c25-19-9-3-17(4-10-19)7-13-21(27)23-15-1-2-16-24-22(28)14-8-18-5-11-20(26)12-6-18/h3-14,25-26H,1-2,15-16H2,(H,23,27)(H,24,28). The van der Waals surface area contributed by atoms with E-state index < -0.39 is 0 Å². The fraction of sp³-hybridized carbons (Fsp3) is 0.182. The van der Waals surface area contributed by atoms with Gasteiger partial charge in [-0.3, -0.25) is 9.59 Å². The van der Waals surface area contributed by atoms with Crippen molar-refractivity contribution in [3.63, 3.8) is 0 Å². The first-order valence-electron chi connectivity index (χ1n) is 9.03. The van der Waals surface area contributed by atoms with Crippen molar-refractivity contribution in [3.05, 3.63) is 71.8 Å². The van der Waals surface area contributed by atoms with Gasteiger partial charge in [0.05, 0.1) is 0 Å². The van der Waals surface area contributed by atoms with E-state index >= 15 is 0 Å². The van der Waals surface area contributed by atoms with E-state index in [4.69, 9.17) is 0 Å². The van der Waals surface area contributed by atoms with Crippen molar-refractivity contribution in [3.8, 4) is 11.5 Å². The van der Waals surface area contributed by atoms with Crippen LogP contribution < -0.4 is 10.6 Å². The van der Waals surface area contributed by atoms with E-state index in [-0.39, 0.29) is 23.3 Å². The Kier molecular flexibility index (Phi) is 8.33. The number of hydrogen-bond donors (Lipinski definition) is 4. The van der Waals surface area contributed by atoms with Crippen LogP contribution >= 0.6 is 0 Å². The molecule has 0 aliphatic carbocycles. The fourth-order valence-corrected chi connectivity index (χ4v) is 2.31. The molecule has 28 heavy (non-hydrogen) atoms. The van der Waals surface area contributed by atoms with Crippen molar-refractivity contribution in [1.29, 1.82) is 0 Å². The summed E-state index contributed by atoms with van der Waals surface area (Å²) in [5.41, 5.74) is 1.66. The third-order valence-electron chi connectivity index (χ3n) is 3.84. The summed E-state index contributed by atoms with van der Waals surface area (Å²) in [7, 11) is 0. The summed E-state index contributed by atoms with van der Waals surface area (Å²) < 4.78 is 0. The normalized spacial score (nSPS) is 11.0. The summed E-state index contributed by atoms with van der Waals surface area (Å²) >= 11 is 0. The van der Waals surface area contributed by atoms with Crippen LogP contribution in [0, 0.1) is 0 Å². The van der Waals surface area contributed by atoms with Crippen LogP contribution in [0.1, 0.15) is 24.0 Å². The highest BCUT2D eigenvalue weighted by Crippen LogP contribution is 2.11. The number of aromatic hydroxyl groups is 2. The van der Waals surface area contributed by atoms with Gasteiger partial charge < -0.3 is 20.8 Å². The van der Waals surface area contributed by atoms with Crippen LogP contribution in [0.25, 0.3) is 12.2 Å². The summed E-state index contributed by atoms with van der Waals surface area (Å²) in [6, 6.07) is 13.1. The highest BCUT2D eigenvalue weighted by atomic mass is 16.3. The summed E-state index contributed by atoms with van der Waals surface area (Å²) in [4.78, 5) is 23.4. The summed E-state index contributed by atoms with van der Waals surface area (Å²) in [5.74, 6) is -0.00282. The Labute approximate surface area is 164 Å². The molecule has 2 amide bonds. The van der Waals surface area contributed by atoms with Gasteiger partial charge in [-0.25, -0.2) is 0 Å². The molecule has 0 saturated carbocycles. The highest BCUT2D eigenvalue weighted by Gasteiger charge is 1.98. The lowest BCUT2D eigenvalue weighted by Gasteiger charge is -2.04. The number of rotatable bonds is 9. The van der Waals surface area contributed by atoms with Gasteiger partial charge in [0.25, 0.3) is 0 Å². The molecule has 0 atom stereocenters. The van der Waals surface area contributed by atoms with Crippen LogP contribution in [0.15, 0.2) is 60.7 Å². The predicted octanol–water partition coefficient (Wildman–Crippen LogP) is 2.84. The number of carbonyl (C=O) groups excluding carboxylic acids is 2. The first-order chi connectivity index (χ1) is 13.5. The molecule has 0 aromatic heterocycles. The van der Waals surface area contributed by atoms with Gasteiger partial charge in [-0.1, -0.05) is 24.3 Å². The van der Waals surface area contributed by atoms with Crippen molar-refractivity contribution in [2.24, 2.45) is 0 Å². The van der Waals surface area contributed by atoms with E-state index in [1.807, 2.05) is 0 Å². The van der Waals surface area contributed by atoms with Crippen molar-refractivity contribution < 1.29 is 19.8 Å². The van der Waals surface area contributed by atoms with Gasteiger partial charge in [0, 0.05) is 25.2 Å². The Morgan fingerprint density at radius 1 is 0.679 bits per heavy atom. The van der Waals surface area contributed by atoms with Gasteiger partial charge in [0.15, 0.2) is 0 Å². The zero-order valence-corrected chi connectivity index (χ0v) is 15.5. The molecule has 0 aliphatic rings. The zero-order valence-electron chi connectivity index (χ0n) is 15.5. The summed E-state index contributed by atoms with van der Waals surface area (Å²) in [6.07, 6.45) is 7.75. The van der Waals surface area contributed by atoms with E-state index in [9.17, 15) is 19.8 Å². The minimum atomic E-state index is -0.186. The lowest BCUT2D eigenvalue weighted by Crippen LogP contribution is -2.25. The average Bonchev–Trinajstić information content (AvgIpc) is 2.69. The minimum absolute atomic E-state index is 0.185. The summed E-state index contributed by atoms with van der Waals surface area (Å²) in [5, 5.41) is 24.0. The number of amides is 2. The smallest absolute Gasteiger partial charge is 0.243 e. The van der Waals surface area contributed by atoms with Gasteiger partial charge in [-0.15, -0.1) is 0 Å². The van der Waals surface area contributed by atoms with Crippen molar-refractivity contribution >= 4 is 24.0 Å². The van der Waals surface area contributed by atoms with Crippen LogP contribution in [0.3, 0.4) is 0 Å². The third kappa shape index (κ3) is 8.23. The van der Waals surface area contributed by atoms with Gasteiger partial charge >= 0.3 is 0 Å². The monoisotopic (exact) mass is 380 g/mol. The third-order valence-corrected chi connectivity index (χ3v) is 3.84. The molecule has 0 spiro atoms. The Bertz CT molecular complexity index is 753. The lowest BCUT2D eigenvalue weighted by atomic mass is 10.2. The van der Waals surface area contributed by atoms with E-state index in [1.54, 1.807) is 60.7 Å². The van der Waals surface area contributed by atoms with Crippen LogP contribution in [0.2, 0.25) is 0 Å². The van der Waals surface area contributed by atoms with Crippen LogP contribution in [-0.2, 0) is 9.59 Å². The van der Waals surface area contributed by atoms with Gasteiger partial charge in [-0.05, 0) is 60.4 Å². The van der Waals surface area contributed by atoms with Crippen molar-refractivity contribution in [2.75, 3.05) is 13.1 Å². The number of benzene rings is 2. The maximum Gasteiger partial charge on any atom is 0.243 e. The van der Waals surface area contributed by atoms with E-state index in [2.05, 4.69) is 10.6 Å².